The van der Waals surface area contributed by atoms with Crippen LogP contribution in [0.1, 0.15) is 18.9 Å². The van der Waals surface area contributed by atoms with E-state index in [0.29, 0.717) is 0 Å². The molecule has 3 nitrogen and oxygen atoms in total. The molecule has 0 saturated heterocycles. The Hall–Kier alpha value is -0.270. The van der Waals surface area contributed by atoms with Crippen LogP contribution in [0.3, 0.4) is 0 Å². The van der Waals surface area contributed by atoms with Crippen LogP contribution in [0.2, 0.25) is 5.02 Å². The highest BCUT2D eigenvalue weighted by atomic mass is 35.5. The molecule has 20 heavy (non-hydrogen) atoms. The molecule has 0 unspecified atom stereocenters. The average Bonchev–Trinajstić information content (AvgIpc) is 2.89. The molecular weight excluding hydrogens is 330 g/mol. The average molecular weight is 346 g/mol. The molecule has 0 aliphatic rings. The van der Waals surface area contributed by atoms with Crippen molar-refractivity contribution in [2.24, 2.45) is 0 Å². The Labute approximate surface area is 136 Å². The highest BCUT2D eigenvalue weighted by Gasteiger charge is 2.07. The van der Waals surface area contributed by atoms with Crippen LogP contribution in [0.4, 0.5) is 0 Å². The summed E-state index contributed by atoms with van der Waals surface area (Å²) in [6, 6.07) is 6.15. The Kier molecular flexibility index (Phi) is 6.64. The van der Waals surface area contributed by atoms with Gasteiger partial charge in [-0.3, -0.25) is 0 Å². The smallest absolute Gasteiger partial charge is 0.179 e. The van der Waals surface area contributed by atoms with Crippen LogP contribution >= 0.6 is 46.5 Å². The summed E-state index contributed by atoms with van der Waals surface area (Å²) in [6.45, 7) is 3.97. The molecule has 0 saturated carbocycles. The van der Waals surface area contributed by atoms with E-state index in [2.05, 4.69) is 34.6 Å². The first-order valence-electron chi connectivity index (χ1n) is 6.27. The third-order valence-corrected chi connectivity index (χ3v) is 5.83. The summed E-state index contributed by atoms with van der Waals surface area (Å²) < 4.78 is 1.93. The van der Waals surface area contributed by atoms with E-state index >= 15 is 0 Å². The Morgan fingerprint density at radius 1 is 1.30 bits per heavy atom. The molecule has 1 aromatic heterocycles. The van der Waals surface area contributed by atoms with Crippen molar-refractivity contribution in [2.45, 2.75) is 33.5 Å². The molecule has 2 rings (SSSR count). The standard InChI is InChI=1S/C13H16ClN3S3/c1-3-6-15-8-9-4-5-10(7-11(9)14)19-13-17-16-12(18-2)20-13/h4-5,7,15H,3,6,8H2,1-2H3. The van der Waals surface area contributed by atoms with Crippen molar-refractivity contribution in [1.29, 1.82) is 0 Å². The monoisotopic (exact) mass is 345 g/mol. The van der Waals surface area contributed by atoms with Gasteiger partial charge in [-0.1, -0.05) is 59.5 Å². The van der Waals surface area contributed by atoms with Crippen molar-refractivity contribution >= 4 is 46.5 Å². The first kappa shape index (κ1) is 16.1. The Balaban J connectivity index is 2.01. The predicted molar refractivity (Wildman–Crippen MR) is 89.3 cm³/mol. The second kappa shape index (κ2) is 8.24. The molecule has 0 radical (unpaired) electrons. The number of aromatic nitrogens is 2. The lowest BCUT2D eigenvalue weighted by Crippen LogP contribution is -2.13. The van der Waals surface area contributed by atoms with Crippen molar-refractivity contribution in [2.75, 3.05) is 12.8 Å². The second-order valence-electron chi connectivity index (χ2n) is 4.07. The number of hydrogen-bond donors (Lipinski definition) is 1. The van der Waals surface area contributed by atoms with Gasteiger partial charge in [-0.25, -0.2) is 0 Å². The van der Waals surface area contributed by atoms with Crippen LogP contribution in [0.25, 0.3) is 0 Å². The van der Waals surface area contributed by atoms with E-state index in [9.17, 15) is 0 Å². The third-order valence-electron chi connectivity index (χ3n) is 2.53. The summed E-state index contributed by atoms with van der Waals surface area (Å²) in [5, 5.41) is 12.4. The van der Waals surface area contributed by atoms with Gasteiger partial charge in [0.05, 0.1) is 0 Å². The lowest BCUT2D eigenvalue weighted by Gasteiger charge is -2.07. The van der Waals surface area contributed by atoms with Crippen LogP contribution in [-0.4, -0.2) is 23.0 Å². The van der Waals surface area contributed by atoms with Gasteiger partial charge in [0.25, 0.3) is 0 Å². The fraction of sp³-hybridized carbons (Fsp3) is 0.385. The third kappa shape index (κ3) is 4.63. The highest BCUT2D eigenvalue weighted by molar-refractivity contribution is 8.03. The summed E-state index contributed by atoms with van der Waals surface area (Å²) in [7, 11) is 0. The topological polar surface area (TPSA) is 37.8 Å². The van der Waals surface area contributed by atoms with Crippen molar-refractivity contribution in [3.05, 3.63) is 28.8 Å². The molecule has 1 heterocycles. The van der Waals surface area contributed by atoms with E-state index in [0.717, 1.165) is 43.7 Å². The molecule has 0 amide bonds. The van der Waals surface area contributed by atoms with Crippen LogP contribution in [0, 0.1) is 0 Å². The van der Waals surface area contributed by atoms with Gasteiger partial charge < -0.3 is 5.32 Å². The van der Waals surface area contributed by atoms with Gasteiger partial charge in [0.15, 0.2) is 8.68 Å². The second-order valence-corrected chi connectivity index (χ2v) is 7.83. The van der Waals surface area contributed by atoms with Crippen molar-refractivity contribution < 1.29 is 0 Å². The zero-order valence-corrected chi connectivity index (χ0v) is 14.6. The van der Waals surface area contributed by atoms with E-state index in [-0.39, 0.29) is 0 Å². The zero-order chi connectivity index (χ0) is 14.4. The van der Waals surface area contributed by atoms with Gasteiger partial charge in [-0.05, 0) is 36.9 Å². The van der Waals surface area contributed by atoms with E-state index in [4.69, 9.17) is 11.6 Å². The minimum Gasteiger partial charge on any atom is -0.313 e. The fourth-order valence-electron chi connectivity index (χ4n) is 1.56. The fourth-order valence-corrected chi connectivity index (χ4v) is 4.32. The molecule has 0 aliphatic carbocycles. The van der Waals surface area contributed by atoms with Crippen LogP contribution in [-0.2, 0) is 6.54 Å². The molecule has 2 aromatic rings. The summed E-state index contributed by atoms with van der Waals surface area (Å²) in [6.07, 6.45) is 3.13. The maximum Gasteiger partial charge on any atom is 0.179 e. The molecule has 0 aliphatic heterocycles. The molecule has 1 N–H and O–H groups in total. The van der Waals surface area contributed by atoms with Crippen LogP contribution in [0.15, 0.2) is 31.8 Å². The number of hydrogen-bond acceptors (Lipinski definition) is 6. The predicted octanol–water partition coefficient (Wildman–Crippen LogP) is 4.56. The van der Waals surface area contributed by atoms with E-state index < -0.39 is 0 Å². The van der Waals surface area contributed by atoms with E-state index in [1.807, 2.05) is 12.3 Å². The first-order chi connectivity index (χ1) is 9.72. The number of thioether (sulfide) groups is 1. The number of nitrogens with zero attached hydrogens (tertiary/aromatic N) is 2. The summed E-state index contributed by atoms with van der Waals surface area (Å²) >= 11 is 11.1. The lowest BCUT2D eigenvalue weighted by atomic mass is 10.2. The molecule has 1 aromatic carbocycles. The molecule has 0 atom stereocenters. The lowest BCUT2D eigenvalue weighted by molar-refractivity contribution is 0.675. The molecule has 7 heteroatoms. The summed E-state index contributed by atoms with van der Waals surface area (Å²) in [4.78, 5) is 1.10. The Morgan fingerprint density at radius 2 is 2.10 bits per heavy atom. The minimum atomic E-state index is 0.799. The minimum absolute atomic E-state index is 0.799. The van der Waals surface area contributed by atoms with Gasteiger partial charge in [0.1, 0.15) is 0 Å². The van der Waals surface area contributed by atoms with Crippen molar-refractivity contribution in [3.8, 4) is 0 Å². The summed E-state index contributed by atoms with van der Waals surface area (Å²) in [5.74, 6) is 0. The van der Waals surface area contributed by atoms with Crippen LogP contribution < -0.4 is 5.32 Å². The van der Waals surface area contributed by atoms with Crippen molar-refractivity contribution in [1.82, 2.24) is 15.5 Å². The number of nitrogens with one attached hydrogen (secondary N) is 1. The SMILES string of the molecule is CCCNCc1ccc(Sc2nnc(SC)s2)cc1Cl. The maximum absolute atomic E-state index is 6.32. The van der Waals surface area contributed by atoms with Gasteiger partial charge in [-0.2, -0.15) is 0 Å². The normalized spacial score (nSPS) is 10.9. The molecule has 0 spiro atoms. The van der Waals surface area contributed by atoms with Gasteiger partial charge in [0, 0.05) is 16.5 Å². The number of halogens is 1. The maximum atomic E-state index is 6.32. The molecule has 108 valence electrons. The molecule has 0 bridgehead atoms. The van der Waals surface area contributed by atoms with Gasteiger partial charge in [0.2, 0.25) is 0 Å². The Bertz CT molecular complexity index is 560. The number of rotatable bonds is 7. The van der Waals surface area contributed by atoms with E-state index in [1.165, 1.54) is 0 Å². The number of benzene rings is 1. The van der Waals surface area contributed by atoms with E-state index in [1.54, 1.807) is 34.9 Å². The molecular formula is C13H16ClN3S3. The highest BCUT2D eigenvalue weighted by Crippen LogP contribution is 2.34. The van der Waals surface area contributed by atoms with Crippen molar-refractivity contribution in [3.63, 3.8) is 0 Å². The van der Waals surface area contributed by atoms with Gasteiger partial charge in [-0.15, -0.1) is 10.2 Å². The summed E-state index contributed by atoms with van der Waals surface area (Å²) in [5.41, 5.74) is 1.13. The quantitative estimate of drug-likeness (QED) is 0.588. The molecule has 0 fully saturated rings. The Morgan fingerprint density at radius 3 is 2.75 bits per heavy atom. The van der Waals surface area contributed by atoms with Gasteiger partial charge >= 0.3 is 0 Å². The largest absolute Gasteiger partial charge is 0.313 e. The zero-order valence-electron chi connectivity index (χ0n) is 11.4. The first-order valence-corrected chi connectivity index (χ1v) is 9.51. The van der Waals surface area contributed by atoms with Crippen LogP contribution in [0.5, 0.6) is 0 Å².